The molecule has 1 nitrogen and oxygen atoms in total. The van der Waals surface area contributed by atoms with E-state index in [1.165, 1.54) is 33.4 Å². The van der Waals surface area contributed by atoms with Gasteiger partial charge in [0, 0.05) is 6.04 Å². The molecule has 1 rings (SSSR count). The molecule has 0 bridgehead atoms. The number of halogens is 1. The first-order valence-electron chi connectivity index (χ1n) is 6.41. The van der Waals surface area contributed by atoms with Gasteiger partial charge in [0.15, 0.2) is 0 Å². The lowest BCUT2D eigenvalue weighted by Gasteiger charge is -2.32. The first-order chi connectivity index (χ1) is 7.59. The molecular formula is C16H28ClN. The minimum Gasteiger partial charge on any atom is -0.323 e. The molecule has 0 saturated carbocycles. The fraction of sp³-hybridized carbons (Fsp3) is 0.625. The van der Waals surface area contributed by atoms with E-state index in [1.807, 2.05) is 0 Å². The molecule has 0 unspecified atom stereocenters. The quantitative estimate of drug-likeness (QED) is 0.786. The molecule has 0 spiro atoms. The summed E-state index contributed by atoms with van der Waals surface area (Å²) in [5, 5.41) is 0. The van der Waals surface area contributed by atoms with E-state index in [9.17, 15) is 0 Å². The Bertz CT molecular complexity index is 412. The molecule has 0 heterocycles. The zero-order valence-corrected chi connectivity index (χ0v) is 13.9. The molecule has 2 heteroatoms. The Hall–Kier alpha value is -0.530. The number of rotatable bonds is 1. The molecule has 2 N–H and O–H groups in total. The lowest BCUT2D eigenvalue weighted by atomic mass is 9.77. The van der Waals surface area contributed by atoms with Gasteiger partial charge in [0.05, 0.1) is 0 Å². The first kappa shape index (κ1) is 17.5. The maximum absolute atomic E-state index is 6.46. The van der Waals surface area contributed by atoms with E-state index in [1.54, 1.807) is 0 Å². The Kier molecular flexibility index (Phi) is 5.46. The number of benzene rings is 1. The van der Waals surface area contributed by atoms with Crippen LogP contribution < -0.4 is 5.73 Å². The van der Waals surface area contributed by atoms with Crippen LogP contribution >= 0.6 is 12.4 Å². The van der Waals surface area contributed by atoms with Crippen molar-refractivity contribution in [1.82, 2.24) is 0 Å². The summed E-state index contributed by atoms with van der Waals surface area (Å²) in [4.78, 5) is 0. The van der Waals surface area contributed by atoms with Crippen molar-refractivity contribution < 1.29 is 0 Å². The second-order valence-electron chi connectivity index (χ2n) is 6.38. The standard InChI is InChI=1S/C16H27N.ClH/c1-9-10(2)12(4)14(13(5)11(9)3)15(17)16(6,7)8;/h15H,17H2,1-8H3;1H/t15-;/m1./s1. The van der Waals surface area contributed by atoms with E-state index in [2.05, 4.69) is 55.4 Å². The van der Waals surface area contributed by atoms with E-state index in [-0.39, 0.29) is 23.9 Å². The van der Waals surface area contributed by atoms with E-state index >= 15 is 0 Å². The summed E-state index contributed by atoms with van der Waals surface area (Å²) in [6.07, 6.45) is 0. The second kappa shape index (κ2) is 5.63. The van der Waals surface area contributed by atoms with Gasteiger partial charge in [-0.25, -0.2) is 0 Å². The molecule has 0 aliphatic heterocycles. The Balaban J connectivity index is 0.00000289. The van der Waals surface area contributed by atoms with Crippen molar-refractivity contribution in [3.63, 3.8) is 0 Å². The molecule has 0 aromatic heterocycles. The summed E-state index contributed by atoms with van der Waals surface area (Å²) >= 11 is 0. The maximum atomic E-state index is 6.46. The van der Waals surface area contributed by atoms with Gasteiger partial charge in [-0.05, 0) is 73.4 Å². The minimum absolute atomic E-state index is 0. The van der Waals surface area contributed by atoms with Crippen LogP contribution in [0.25, 0.3) is 0 Å². The molecule has 1 aromatic rings. The summed E-state index contributed by atoms with van der Waals surface area (Å²) in [5.74, 6) is 0. The topological polar surface area (TPSA) is 26.0 Å². The molecule has 1 atom stereocenters. The third kappa shape index (κ3) is 2.89. The van der Waals surface area contributed by atoms with Gasteiger partial charge in [-0.3, -0.25) is 0 Å². The molecule has 0 aliphatic rings. The number of hydrogen-bond donors (Lipinski definition) is 1. The predicted octanol–water partition coefficient (Wildman–Crippen LogP) is 4.70. The van der Waals surface area contributed by atoms with E-state index in [4.69, 9.17) is 5.73 Å². The SMILES string of the molecule is Cc1c(C)c(C)c([C@@H](N)C(C)(C)C)c(C)c1C.Cl. The van der Waals surface area contributed by atoms with Gasteiger partial charge in [-0.15, -0.1) is 12.4 Å². The van der Waals surface area contributed by atoms with Crippen LogP contribution in [-0.4, -0.2) is 0 Å². The Morgan fingerprint density at radius 2 is 1.00 bits per heavy atom. The smallest absolute Gasteiger partial charge is 0.0349 e. The van der Waals surface area contributed by atoms with Crippen LogP contribution in [0.1, 0.15) is 60.2 Å². The molecular weight excluding hydrogens is 242 g/mol. The Labute approximate surface area is 119 Å². The highest BCUT2D eigenvalue weighted by atomic mass is 35.5. The average molecular weight is 270 g/mol. The minimum atomic E-state index is 0. The van der Waals surface area contributed by atoms with Gasteiger partial charge in [-0.1, -0.05) is 20.8 Å². The monoisotopic (exact) mass is 269 g/mol. The summed E-state index contributed by atoms with van der Waals surface area (Å²) in [7, 11) is 0. The van der Waals surface area contributed by atoms with Crippen LogP contribution in [0.5, 0.6) is 0 Å². The fourth-order valence-corrected chi connectivity index (χ4v) is 2.43. The van der Waals surface area contributed by atoms with Gasteiger partial charge in [0.1, 0.15) is 0 Å². The number of hydrogen-bond acceptors (Lipinski definition) is 1. The van der Waals surface area contributed by atoms with Crippen molar-refractivity contribution in [2.24, 2.45) is 11.1 Å². The molecule has 0 amide bonds. The largest absolute Gasteiger partial charge is 0.323 e. The van der Waals surface area contributed by atoms with Gasteiger partial charge < -0.3 is 5.73 Å². The summed E-state index contributed by atoms with van der Waals surface area (Å²) < 4.78 is 0. The first-order valence-corrected chi connectivity index (χ1v) is 6.41. The van der Waals surface area contributed by atoms with E-state index in [0.717, 1.165) is 0 Å². The van der Waals surface area contributed by atoms with Gasteiger partial charge in [0.2, 0.25) is 0 Å². The van der Waals surface area contributed by atoms with Crippen LogP contribution in [-0.2, 0) is 0 Å². The third-order valence-electron chi connectivity index (χ3n) is 4.30. The van der Waals surface area contributed by atoms with Crippen molar-refractivity contribution >= 4 is 12.4 Å². The van der Waals surface area contributed by atoms with Crippen molar-refractivity contribution in [1.29, 1.82) is 0 Å². The highest BCUT2D eigenvalue weighted by molar-refractivity contribution is 5.85. The highest BCUT2D eigenvalue weighted by Crippen LogP contribution is 2.37. The van der Waals surface area contributed by atoms with Gasteiger partial charge >= 0.3 is 0 Å². The number of nitrogens with two attached hydrogens (primary N) is 1. The second-order valence-corrected chi connectivity index (χ2v) is 6.38. The average Bonchev–Trinajstić information content (AvgIpc) is 2.22. The molecule has 0 saturated heterocycles. The molecule has 1 aromatic carbocycles. The zero-order chi connectivity index (χ0) is 13.5. The summed E-state index contributed by atoms with van der Waals surface area (Å²) in [6.45, 7) is 17.7. The Morgan fingerprint density at radius 1 is 0.722 bits per heavy atom. The van der Waals surface area contributed by atoms with E-state index < -0.39 is 0 Å². The molecule has 0 fully saturated rings. The van der Waals surface area contributed by atoms with Crippen LogP contribution in [0.2, 0.25) is 0 Å². The van der Waals surface area contributed by atoms with E-state index in [0.29, 0.717) is 0 Å². The summed E-state index contributed by atoms with van der Waals surface area (Å²) in [5.41, 5.74) is 14.8. The van der Waals surface area contributed by atoms with Crippen molar-refractivity contribution in [3.8, 4) is 0 Å². The zero-order valence-electron chi connectivity index (χ0n) is 13.1. The molecule has 0 radical (unpaired) electrons. The van der Waals surface area contributed by atoms with Crippen LogP contribution in [0.4, 0.5) is 0 Å². The fourth-order valence-electron chi connectivity index (χ4n) is 2.43. The Morgan fingerprint density at radius 3 is 1.28 bits per heavy atom. The molecule has 0 aliphatic carbocycles. The van der Waals surface area contributed by atoms with Crippen LogP contribution in [0.3, 0.4) is 0 Å². The van der Waals surface area contributed by atoms with Crippen LogP contribution in [0, 0.1) is 40.0 Å². The van der Waals surface area contributed by atoms with Crippen molar-refractivity contribution in [3.05, 3.63) is 33.4 Å². The lowest BCUT2D eigenvalue weighted by Crippen LogP contribution is -2.28. The van der Waals surface area contributed by atoms with Gasteiger partial charge in [0.25, 0.3) is 0 Å². The molecule has 18 heavy (non-hydrogen) atoms. The molecule has 104 valence electrons. The van der Waals surface area contributed by atoms with Crippen molar-refractivity contribution in [2.45, 2.75) is 61.4 Å². The summed E-state index contributed by atoms with van der Waals surface area (Å²) in [6, 6.07) is 0.0977. The lowest BCUT2D eigenvalue weighted by molar-refractivity contribution is 0.325. The van der Waals surface area contributed by atoms with Crippen LogP contribution in [0.15, 0.2) is 0 Å². The maximum Gasteiger partial charge on any atom is 0.0349 e. The van der Waals surface area contributed by atoms with Crippen molar-refractivity contribution in [2.75, 3.05) is 0 Å². The normalized spacial score (nSPS) is 13.2. The highest BCUT2D eigenvalue weighted by Gasteiger charge is 2.26. The predicted molar refractivity (Wildman–Crippen MR) is 83.8 cm³/mol. The van der Waals surface area contributed by atoms with Gasteiger partial charge in [-0.2, -0.15) is 0 Å². The third-order valence-corrected chi connectivity index (χ3v) is 4.30.